The number of carbonyl (C=O) groups excluding carboxylic acids is 1. The van der Waals surface area contributed by atoms with Gasteiger partial charge in [-0.2, -0.15) is 0 Å². The first-order valence-corrected chi connectivity index (χ1v) is 5.53. The van der Waals surface area contributed by atoms with Crippen molar-refractivity contribution in [3.8, 4) is 0 Å². The molecule has 0 aromatic heterocycles. The molecular weight excluding hydrogens is 202 g/mol. The van der Waals surface area contributed by atoms with Crippen LogP contribution >= 0.6 is 0 Å². The van der Waals surface area contributed by atoms with Gasteiger partial charge in [0, 0.05) is 6.42 Å². The van der Waals surface area contributed by atoms with E-state index in [2.05, 4.69) is 5.16 Å². The highest BCUT2D eigenvalue weighted by Gasteiger charge is 2.06. The number of carbonyl (C=O) groups is 1. The van der Waals surface area contributed by atoms with Crippen LogP contribution in [-0.4, -0.2) is 11.5 Å². The van der Waals surface area contributed by atoms with Gasteiger partial charge >= 0.3 is 0 Å². The summed E-state index contributed by atoms with van der Waals surface area (Å²) in [5, 5.41) is 3.88. The summed E-state index contributed by atoms with van der Waals surface area (Å²) in [5.41, 5.74) is 1.56. The molecule has 0 aliphatic rings. The summed E-state index contributed by atoms with van der Waals surface area (Å²) in [5.74, 6) is 0.0514. The number of ketones is 1. The largest absolute Gasteiger partial charge is 0.391 e. The second-order valence-electron chi connectivity index (χ2n) is 3.43. The number of hydrogen-bond acceptors (Lipinski definition) is 3. The van der Waals surface area contributed by atoms with Gasteiger partial charge in [-0.1, -0.05) is 49.3 Å². The second-order valence-corrected chi connectivity index (χ2v) is 3.43. The van der Waals surface area contributed by atoms with Gasteiger partial charge in [0.15, 0.2) is 5.78 Å². The lowest BCUT2D eigenvalue weighted by Gasteiger charge is -2.02. The lowest BCUT2D eigenvalue weighted by atomic mass is 10.1. The minimum atomic E-state index is 0.0514. The molecule has 1 aromatic rings. The third-order valence-corrected chi connectivity index (χ3v) is 2.23. The first-order valence-electron chi connectivity index (χ1n) is 5.53. The van der Waals surface area contributed by atoms with Crippen LogP contribution < -0.4 is 0 Å². The molecule has 0 atom stereocenters. The molecule has 0 radical (unpaired) electrons. The van der Waals surface area contributed by atoms with E-state index in [1.807, 2.05) is 44.2 Å². The van der Waals surface area contributed by atoms with Gasteiger partial charge in [0.25, 0.3) is 0 Å². The van der Waals surface area contributed by atoms with E-state index < -0.39 is 0 Å². The van der Waals surface area contributed by atoms with E-state index in [-0.39, 0.29) is 5.78 Å². The molecule has 0 aliphatic carbocycles. The Kier molecular flexibility index (Phi) is 5.26. The molecule has 0 N–H and O–H groups in total. The van der Waals surface area contributed by atoms with Crippen LogP contribution in [0.25, 0.3) is 0 Å². The van der Waals surface area contributed by atoms with Crippen molar-refractivity contribution >= 4 is 11.5 Å². The van der Waals surface area contributed by atoms with Crippen LogP contribution in [0, 0.1) is 0 Å². The topological polar surface area (TPSA) is 38.7 Å². The SMILES string of the molecule is CCC(=O)C(CC)=NOCc1ccccc1. The number of rotatable bonds is 6. The molecule has 3 nitrogen and oxygen atoms in total. The summed E-state index contributed by atoms with van der Waals surface area (Å²) in [6, 6.07) is 9.76. The fourth-order valence-corrected chi connectivity index (χ4v) is 1.28. The van der Waals surface area contributed by atoms with Gasteiger partial charge in [0.05, 0.1) is 0 Å². The average molecular weight is 219 g/mol. The summed E-state index contributed by atoms with van der Waals surface area (Å²) in [4.78, 5) is 16.5. The number of hydrogen-bond donors (Lipinski definition) is 0. The summed E-state index contributed by atoms with van der Waals surface area (Å²) in [6.07, 6.45) is 1.09. The third kappa shape index (κ3) is 3.85. The Morgan fingerprint density at radius 2 is 1.88 bits per heavy atom. The van der Waals surface area contributed by atoms with Crippen molar-refractivity contribution in [1.29, 1.82) is 0 Å². The van der Waals surface area contributed by atoms with Crippen molar-refractivity contribution in [2.45, 2.75) is 33.3 Å². The molecule has 0 amide bonds. The zero-order valence-corrected chi connectivity index (χ0v) is 9.77. The smallest absolute Gasteiger partial charge is 0.180 e. The van der Waals surface area contributed by atoms with Gasteiger partial charge in [0.2, 0.25) is 0 Å². The van der Waals surface area contributed by atoms with E-state index in [0.29, 0.717) is 25.2 Å². The first-order chi connectivity index (χ1) is 7.77. The first kappa shape index (κ1) is 12.4. The zero-order valence-electron chi connectivity index (χ0n) is 9.77. The van der Waals surface area contributed by atoms with Crippen molar-refractivity contribution in [1.82, 2.24) is 0 Å². The van der Waals surface area contributed by atoms with Crippen LogP contribution in [0.3, 0.4) is 0 Å². The van der Waals surface area contributed by atoms with E-state index in [9.17, 15) is 4.79 Å². The monoisotopic (exact) mass is 219 g/mol. The van der Waals surface area contributed by atoms with Gasteiger partial charge in [-0.3, -0.25) is 4.79 Å². The molecule has 16 heavy (non-hydrogen) atoms. The number of Topliss-reactive ketones (excluding diaryl/α,β-unsaturated/α-hetero) is 1. The van der Waals surface area contributed by atoms with Gasteiger partial charge in [0.1, 0.15) is 12.3 Å². The quantitative estimate of drug-likeness (QED) is 0.545. The number of nitrogens with zero attached hydrogens (tertiary/aromatic N) is 1. The van der Waals surface area contributed by atoms with Crippen molar-refractivity contribution < 1.29 is 9.63 Å². The summed E-state index contributed by atoms with van der Waals surface area (Å²) in [7, 11) is 0. The summed E-state index contributed by atoms with van der Waals surface area (Å²) < 4.78 is 0. The van der Waals surface area contributed by atoms with Crippen molar-refractivity contribution in [2.24, 2.45) is 5.16 Å². The minimum Gasteiger partial charge on any atom is -0.391 e. The van der Waals surface area contributed by atoms with Crippen LogP contribution in [0.5, 0.6) is 0 Å². The van der Waals surface area contributed by atoms with Crippen LogP contribution in [-0.2, 0) is 16.2 Å². The molecule has 0 heterocycles. The molecule has 0 spiro atoms. The predicted molar refractivity (Wildman–Crippen MR) is 64.3 cm³/mol. The van der Waals surface area contributed by atoms with Crippen LogP contribution in [0.1, 0.15) is 32.3 Å². The summed E-state index contributed by atoms with van der Waals surface area (Å²) in [6.45, 7) is 4.13. The van der Waals surface area contributed by atoms with Crippen molar-refractivity contribution in [3.63, 3.8) is 0 Å². The molecule has 0 bridgehead atoms. The Morgan fingerprint density at radius 1 is 1.19 bits per heavy atom. The lowest BCUT2D eigenvalue weighted by Crippen LogP contribution is -2.12. The van der Waals surface area contributed by atoms with Gasteiger partial charge in [-0.05, 0) is 12.0 Å². The molecular formula is C13H17NO2. The number of benzene rings is 1. The van der Waals surface area contributed by atoms with Gasteiger partial charge < -0.3 is 4.84 Å². The summed E-state index contributed by atoms with van der Waals surface area (Å²) >= 11 is 0. The van der Waals surface area contributed by atoms with Crippen LogP contribution in [0.4, 0.5) is 0 Å². The Bertz CT molecular complexity index is 357. The van der Waals surface area contributed by atoms with Crippen molar-refractivity contribution in [3.05, 3.63) is 35.9 Å². The van der Waals surface area contributed by atoms with E-state index >= 15 is 0 Å². The Hall–Kier alpha value is -1.64. The Morgan fingerprint density at radius 3 is 2.44 bits per heavy atom. The third-order valence-electron chi connectivity index (χ3n) is 2.23. The van der Waals surface area contributed by atoms with E-state index in [0.717, 1.165) is 5.56 Å². The Balaban J connectivity index is 2.49. The fraction of sp³-hybridized carbons (Fsp3) is 0.385. The molecule has 0 unspecified atom stereocenters. The molecule has 1 rings (SSSR count). The molecule has 1 aromatic carbocycles. The molecule has 0 aliphatic heterocycles. The maximum atomic E-state index is 11.4. The van der Waals surface area contributed by atoms with Gasteiger partial charge in [-0.25, -0.2) is 0 Å². The standard InChI is InChI=1S/C13H17NO2/c1-3-12(13(15)4-2)14-16-10-11-8-6-5-7-9-11/h5-9H,3-4,10H2,1-2H3. The van der Waals surface area contributed by atoms with Crippen molar-refractivity contribution in [2.75, 3.05) is 0 Å². The highest BCUT2D eigenvalue weighted by molar-refractivity contribution is 6.39. The van der Waals surface area contributed by atoms with Gasteiger partial charge in [-0.15, -0.1) is 0 Å². The lowest BCUT2D eigenvalue weighted by molar-refractivity contribution is -0.113. The maximum Gasteiger partial charge on any atom is 0.180 e. The molecule has 0 saturated heterocycles. The second kappa shape index (κ2) is 6.77. The van der Waals surface area contributed by atoms with Crippen LogP contribution in [0.2, 0.25) is 0 Å². The normalized spacial score (nSPS) is 11.2. The number of oxime groups is 1. The van der Waals surface area contributed by atoms with E-state index in [4.69, 9.17) is 4.84 Å². The average Bonchev–Trinajstić information content (AvgIpc) is 2.35. The van der Waals surface area contributed by atoms with Crippen LogP contribution in [0.15, 0.2) is 35.5 Å². The molecule has 0 saturated carbocycles. The Labute approximate surface area is 96.1 Å². The highest BCUT2D eigenvalue weighted by Crippen LogP contribution is 2.02. The van der Waals surface area contributed by atoms with E-state index in [1.165, 1.54) is 0 Å². The predicted octanol–water partition coefficient (Wildman–Crippen LogP) is 2.95. The van der Waals surface area contributed by atoms with E-state index in [1.54, 1.807) is 0 Å². The molecule has 86 valence electrons. The maximum absolute atomic E-state index is 11.4. The fourth-order valence-electron chi connectivity index (χ4n) is 1.28. The zero-order chi connectivity index (χ0) is 11.8. The molecule has 0 fully saturated rings. The minimum absolute atomic E-state index is 0.0514. The highest BCUT2D eigenvalue weighted by atomic mass is 16.6. The molecule has 3 heteroatoms.